The van der Waals surface area contributed by atoms with Crippen LogP contribution < -0.4 is 10.6 Å². The first-order valence-electron chi connectivity index (χ1n) is 9.12. The van der Waals surface area contributed by atoms with Gasteiger partial charge in [0.2, 0.25) is 0 Å². The van der Waals surface area contributed by atoms with Gasteiger partial charge in [0.25, 0.3) is 0 Å². The summed E-state index contributed by atoms with van der Waals surface area (Å²) >= 11 is 0. The molecule has 2 aliphatic carbocycles. The van der Waals surface area contributed by atoms with Crippen molar-refractivity contribution in [1.29, 1.82) is 0 Å². The number of nitrogens with one attached hydrogen (secondary N) is 2. The van der Waals surface area contributed by atoms with Gasteiger partial charge < -0.3 is 15.4 Å². The Morgan fingerprint density at radius 2 is 2.04 bits per heavy atom. The van der Waals surface area contributed by atoms with E-state index in [9.17, 15) is 4.79 Å². The molecule has 2 amide bonds. The number of rotatable bonds is 6. The molecule has 0 radical (unpaired) electrons. The summed E-state index contributed by atoms with van der Waals surface area (Å²) < 4.78 is 5.84. The lowest BCUT2D eigenvalue weighted by Crippen LogP contribution is -2.55. The van der Waals surface area contributed by atoms with Crippen LogP contribution in [-0.4, -0.2) is 40.8 Å². The van der Waals surface area contributed by atoms with Crippen LogP contribution in [0.2, 0.25) is 0 Å². The number of nitrogens with zero attached hydrogens (tertiary/aromatic N) is 2. The highest BCUT2D eigenvalue weighted by molar-refractivity contribution is 5.74. The molecule has 0 aromatic carbocycles. The molecule has 6 heteroatoms. The van der Waals surface area contributed by atoms with E-state index in [0.717, 1.165) is 30.8 Å². The average Bonchev–Trinajstić information content (AvgIpc) is 3.47. The highest BCUT2D eigenvalue weighted by atomic mass is 16.5. The number of urea groups is 1. The van der Waals surface area contributed by atoms with Crippen molar-refractivity contribution in [2.75, 3.05) is 13.2 Å². The molecule has 2 saturated carbocycles. The highest BCUT2D eigenvalue weighted by Gasteiger charge is 2.48. The molecule has 1 aromatic heterocycles. The predicted octanol–water partition coefficient (Wildman–Crippen LogP) is 2.15. The Hall–Kier alpha value is -1.69. The fourth-order valence-electron chi connectivity index (χ4n) is 3.58. The molecule has 2 heterocycles. The maximum atomic E-state index is 12.2. The molecule has 24 heavy (non-hydrogen) atoms. The van der Waals surface area contributed by atoms with Crippen LogP contribution in [0.1, 0.15) is 56.3 Å². The van der Waals surface area contributed by atoms with Crippen LogP contribution in [0.3, 0.4) is 0 Å². The topological polar surface area (TPSA) is 76.1 Å². The van der Waals surface area contributed by atoms with Crippen molar-refractivity contribution in [3.63, 3.8) is 0 Å². The molecule has 0 unspecified atom stereocenters. The van der Waals surface area contributed by atoms with E-state index >= 15 is 0 Å². The first-order valence-corrected chi connectivity index (χ1v) is 9.12. The van der Waals surface area contributed by atoms with Gasteiger partial charge in [-0.15, -0.1) is 0 Å². The van der Waals surface area contributed by atoms with Crippen molar-refractivity contribution < 1.29 is 9.53 Å². The van der Waals surface area contributed by atoms with Gasteiger partial charge in [-0.05, 0) is 56.9 Å². The van der Waals surface area contributed by atoms with Crippen LogP contribution in [0.5, 0.6) is 0 Å². The normalized spacial score (nSPS) is 29.5. The van der Waals surface area contributed by atoms with Crippen LogP contribution in [0.25, 0.3) is 0 Å². The van der Waals surface area contributed by atoms with E-state index in [1.165, 1.54) is 25.7 Å². The van der Waals surface area contributed by atoms with Crippen LogP contribution in [0.15, 0.2) is 12.4 Å². The van der Waals surface area contributed by atoms with Gasteiger partial charge in [-0.1, -0.05) is 0 Å². The third-order valence-electron chi connectivity index (χ3n) is 5.36. The summed E-state index contributed by atoms with van der Waals surface area (Å²) in [4.78, 5) is 21.1. The summed E-state index contributed by atoms with van der Waals surface area (Å²) in [6, 6.07) is -0.107. The van der Waals surface area contributed by atoms with Crippen molar-refractivity contribution in [1.82, 2.24) is 20.6 Å². The fourth-order valence-corrected chi connectivity index (χ4v) is 3.58. The van der Waals surface area contributed by atoms with E-state index in [1.54, 1.807) is 0 Å². The zero-order valence-electron chi connectivity index (χ0n) is 14.3. The number of carbonyl (C=O) groups excluding carboxylic acids is 1. The van der Waals surface area contributed by atoms with E-state index < -0.39 is 0 Å². The van der Waals surface area contributed by atoms with Gasteiger partial charge in [0, 0.05) is 31.5 Å². The monoisotopic (exact) mass is 330 g/mol. The number of hydrogen-bond donors (Lipinski definition) is 2. The molecule has 1 aliphatic heterocycles. The molecule has 3 fully saturated rings. The lowest BCUT2D eigenvalue weighted by molar-refractivity contribution is 0.0591. The predicted molar refractivity (Wildman–Crippen MR) is 89.7 cm³/mol. The SMILES string of the molecule is C[C@@]1(NC(=O)NCCc2cnc(C3CC3)nc2)CCO[C@H]1C1CC1. The van der Waals surface area contributed by atoms with Gasteiger partial charge in [-0.25, -0.2) is 14.8 Å². The van der Waals surface area contributed by atoms with Crippen molar-refractivity contribution in [2.45, 2.75) is 63.0 Å². The highest BCUT2D eigenvalue weighted by Crippen LogP contribution is 2.43. The van der Waals surface area contributed by atoms with E-state index in [-0.39, 0.29) is 17.7 Å². The zero-order valence-corrected chi connectivity index (χ0v) is 14.3. The van der Waals surface area contributed by atoms with Gasteiger partial charge in [0.05, 0.1) is 11.6 Å². The lowest BCUT2D eigenvalue weighted by atomic mass is 9.90. The molecule has 2 N–H and O–H groups in total. The second kappa shape index (κ2) is 6.31. The summed E-state index contributed by atoms with van der Waals surface area (Å²) in [6.07, 6.45) is 10.4. The molecule has 3 aliphatic rings. The molecule has 130 valence electrons. The lowest BCUT2D eigenvalue weighted by Gasteiger charge is -2.31. The molecule has 1 saturated heterocycles. The number of carbonyl (C=O) groups is 1. The summed E-state index contributed by atoms with van der Waals surface area (Å²) in [5.41, 5.74) is 0.825. The number of ether oxygens (including phenoxy) is 1. The molecular formula is C18H26N4O2. The molecular weight excluding hydrogens is 304 g/mol. The van der Waals surface area contributed by atoms with Crippen LogP contribution in [0.4, 0.5) is 4.79 Å². The van der Waals surface area contributed by atoms with Gasteiger partial charge in [0.15, 0.2) is 0 Å². The number of aromatic nitrogens is 2. The average molecular weight is 330 g/mol. The Morgan fingerprint density at radius 3 is 2.71 bits per heavy atom. The van der Waals surface area contributed by atoms with Crippen molar-refractivity contribution in [2.24, 2.45) is 5.92 Å². The molecule has 4 rings (SSSR count). The Bertz CT molecular complexity index is 598. The molecule has 2 atom stereocenters. The van der Waals surface area contributed by atoms with Gasteiger partial charge in [-0.2, -0.15) is 0 Å². The second-order valence-corrected chi connectivity index (χ2v) is 7.65. The Balaban J connectivity index is 1.23. The summed E-state index contributed by atoms with van der Waals surface area (Å²) in [5.74, 6) is 2.17. The standard InChI is InChI=1S/C18H26N4O2/c1-18(7-9-24-15(18)13-2-3-13)22-17(23)19-8-6-12-10-20-16(21-11-12)14-4-5-14/h10-11,13-15H,2-9H2,1H3,(H2,19,22,23)/t15-,18+/m0/s1. The minimum Gasteiger partial charge on any atom is -0.375 e. The van der Waals surface area contributed by atoms with Gasteiger partial charge in [0.1, 0.15) is 5.82 Å². The molecule has 0 spiro atoms. The quantitative estimate of drug-likeness (QED) is 0.838. The number of amides is 2. The summed E-state index contributed by atoms with van der Waals surface area (Å²) in [6.45, 7) is 3.43. The van der Waals surface area contributed by atoms with Crippen molar-refractivity contribution in [3.8, 4) is 0 Å². The van der Waals surface area contributed by atoms with Crippen molar-refractivity contribution in [3.05, 3.63) is 23.8 Å². The van der Waals surface area contributed by atoms with E-state index in [2.05, 4.69) is 27.5 Å². The minimum absolute atomic E-state index is 0.107. The number of hydrogen-bond acceptors (Lipinski definition) is 4. The van der Waals surface area contributed by atoms with Crippen molar-refractivity contribution >= 4 is 6.03 Å². The summed E-state index contributed by atoms with van der Waals surface area (Å²) in [5, 5.41) is 6.09. The first kappa shape index (κ1) is 15.8. The van der Waals surface area contributed by atoms with Crippen LogP contribution in [-0.2, 0) is 11.2 Å². The van der Waals surface area contributed by atoms with Crippen LogP contribution >= 0.6 is 0 Å². The Kier molecular flexibility index (Phi) is 4.16. The second-order valence-electron chi connectivity index (χ2n) is 7.65. The largest absolute Gasteiger partial charge is 0.375 e. The van der Waals surface area contributed by atoms with E-state index in [4.69, 9.17) is 4.74 Å². The Morgan fingerprint density at radius 1 is 1.29 bits per heavy atom. The van der Waals surface area contributed by atoms with E-state index in [1.807, 2.05) is 12.4 Å². The Labute approximate surface area is 142 Å². The third kappa shape index (κ3) is 3.53. The maximum Gasteiger partial charge on any atom is 0.315 e. The molecule has 6 nitrogen and oxygen atoms in total. The van der Waals surface area contributed by atoms with Crippen LogP contribution in [0, 0.1) is 5.92 Å². The summed E-state index contributed by atoms with van der Waals surface area (Å²) in [7, 11) is 0. The first-order chi connectivity index (χ1) is 11.6. The zero-order chi connectivity index (χ0) is 16.6. The molecule has 1 aromatic rings. The third-order valence-corrected chi connectivity index (χ3v) is 5.36. The van der Waals surface area contributed by atoms with Gasteiger partial charge >= 0.3 is 6.03 Å². The fraction of sp³-hybridized carbons (Fsp3) is 0.722. The van der Waals surface area contributed by atoms with E-state index in [0.29, 0.717) is 18.4 Å². The van der Waals surface area contributed by atoms with Gasteiger partial charge in [-0.3, -0.25) is 0 Å². The maximum absolute atomic E-state index is 12.2. The smallest absolute Gasteiger partial charge is 0.315 e. The minimum atomic E-state index is -0.236. The molecule has 0 bridgehead atoms.